The minimum Gasteiger partial charge on any atom is -0.497 e. The third-order valence-corrected chi connectivity index (χ3v) is 3.34. The Labute approximate surface area is 119 Å². The van der Waals surface area contributed by atoms with Crippen LogP contribution in [0.1, 0.15) is 24.4 Å². The average Bonchev–Trinajstić information content (AvgIpc) is 2.96. The Kier molecular flexibility index (Phi) is 4.63. The van der Waals surface area contributed by atoms with E-state index in [1.165, 1.54) is 0 Å². The number of aryl methyl sites for hydroxylation is 1. The van der Waals surface area contributed by atoms with Crippen molar-refractivity contribution < 1.29 is 9.47 Å². The largest absolute Gasteiger partial charge is 0.497 e. The van der Waals surface area contributed by atoms with Crippen molar-refractivity contribution in [3.05, 3.63) is 42.0 Å². The summed E-state index contributed by atoms with van der Waals surface area (Å²) in [4.78, 5) is 4.46. The van der Waals surface area contributed by atoms with Gasteiger partial charge in [0.25, 0.3) is 0 Å². The third-order valence-electron chi connectivity index (χ3n) is 3.34. The standard InChI is InChI=1S/C15H21N3O2/c1-5-18-7-6-17-15(18)14(16-2)11-8-12(19-3)10-13(9-11)20-4/h6-10,14,16H,5H2,1-4H3. The van der Waals surface area contributed by atoms with Gasteiger partial charge in [0.1, 0.15) is 17.3 Å². The van der Waals surface area contributed by atoms with Gasteiger partial charge in [-0.25, -0.2) is 4.98 Å². The summed E-state index contributed by atoms with van der Waals surface area (Å²) in [5, 5.41) is 3.30. The molecule has 108 valence electrons. The van der Waals surface area contributed by atoms with Crippen LogP contribution >= 0.6 is 0 Å². The zero-order chi connectivity index (χ0) is 14.5. The van der Waals surface area contributed by atoms with Crippen molar-refractivity contribution in [1.82, 2.24) is 14.9 Å². The number of ether oxygens (including phenoxy) is 2. The van der Waals surface area contributed by atoms with Crippen molar-refractivity contribution in [2.75, 3.05) is 21.3 Å². The minimum absolute atomic E-state index is 0.00560. The zero-order valence-electron chi connectivity index (χ0n) is 12.4. The van der Waals surface area contributed by atoms with E-state index in [2.05, 4.69) is 21.8 Å². The molecular weight excluding hydrogens is 254 g/mol. The van der Waals surface area contributed by atoms with Crippen LogP contribution < -0.4 is 14.8 Å². The Bertz CT molecular complexity index is 544. The molecule has 0 bridgehead atoms. The topological polar surface area (TPSA) is 48.3 Å². The lowest BCUT2D eigenvalue weighted by atomic mass is 10.1. The number of aromatic nitrogens is 2. The summed E-state index contributed by atoms with van der Waals surface area (Å²) >= 11 is 0. The number of hydrogen-bond donors (Lipinski definition) is 1. The number of rotatable bonds is 6. The first-order chi connectivity index (χ1) is 9.73. The van der Waals surface area contributed by atoms with Crippen LogP contribution in [-0.2, 0) is 6.54 Å². The Morgan fingerprint density at radius 3 is 2.35 bits per heavy atom. The van der Waals surface area contributed by atoms with Crippen LogP contribution in [0.25, 0.3) is 0 Å². The molecule has 0 saturated carbocycles. The van der Waals surface area contributed by atoms with E-state index in [4.69, 9.17) is 9.47 Å². The molecule has 2 rings (SSSR count). The predicted octanol–water partition coefficient (Wildman–Crippen LogP) is 2.23. The van der Waals surface area contributed by atoms with Gasteiger partial charge in [-0.15, -0.1) is 0 Å². The maximum atomic E-state index is 5.33. The molecule has 0 aliphatic heterocycles. The number of hydrogen-bond acceptors (Lipinski definition) is 4. The summed E-state index contributed by atoms with van der Waals surface area (Å²) in [6, 6.07) is 5.85. The van der Waals surface area contributed by atoms with Gasteiger partial charge in [-0.05, 0) is 31.7 Å². The number of nitrogens with zero attached hydrogens (tertiary/aromatic N) is 2. The van der Waals surface area contributed by atoms with Gasteiger partial charge < -0.3 is 19.4 Å². The lowest BCUT2D eigenvalue weighted by molar-refractivity contribution is 0.392. The third kappa shape index (κ3) is 2.77. The number of imidazole rings is 1. The maximum absolute atomic E-state index is 5.33. The second-order valence-electron chi connectivity index (χ2n) is 4.44. The van der Waals surface area contributed by atoms with Crippen LogP contribution in [0.15, 0.2) is 30.6 Å². The molecule has 0 saturated heterocycles. The fraction of sp³-hybridized carbons (Fsp3) is 0.400. The van der Waals surface area contributed by atoms with E-state index in [9.17, 15) is 0 Å². The molecule has 2 aromatic rings. The molecule has 1 aromatic carbocycles. The SMILES string of the molecule is CCn1ccnc1C(NC)c1cc(OC)cc(OC)c1. The van der Waals surface area contributed by atoms with Crippen LogP contribution in [0.4, 0.5) is 0 Å². The van der Waals surface area contributed by atoms with Crippen molar-refractivity contribution in [1.29, 1.82) is 0 Å². The monoisotopic (exact) mass is 275 g/mol. The zero-order valence-corrected chi connectivity index (χ0v) is 12.4. The first kappa shape index (κ1) is 14.4. The van der Waals surface area contributed by atoms with Crippen molar-refractivity contribution in [3.63, 3.8) is 0 Å². The summed E-state index contributed by atoms with van der Waals surface area (Å²) < 4.78 is 12.8. The van der Waals surface area contributed by atoms with Crippen molar-refractivity contribution in [2.45, 2.75) is 19.5 Å². The summed E-state index contributed by atoms with van der Waals surface area (Å²) in [5.74, 6) is 2.52. The molecule has 0 aliphatic carbocycles. The predicted molar refractivity (Wildman–Crippen MR) is 78.3 cm³/mol. The smallest absolute Gasteiger partial charge is 0.130 e. The van der Waals surface area contributed by atoms with Gasteiger partial charge in [-0.2, -0.15) is 0 Å². The van der Waals surface area contributed by atoms with E-state index in [1.807, 2.05) is 37.6 Å². The van der Waals surface area contributed by atoms with Gasteiger partial charge >= 0.3 is 0 Å². The van der Waals surface area contributed by atoms with Crippen LogP contribution in [-0.4, -0.2) is 30.8 Å². The Balaban J connectivity index is 2.46. The van der Waals surface area contributed by atoms with E-state index in [1.54, 1.807) is 14.2 Å². The first-order valence-electron chi connectivity index (χ1n) is 6.64. The van der Waals surface area contributed by atoms with E-state index in [-0.39, 0.29) is 6.04 Å². The average molecular weight is 275 g/mol. The normalized spacial score (nSPS) is 12.2. The number of benzene rings is 1. The van der Waals surface area contributed by atoms with Crippen molar-refractivity contribution in [2.24, 2.45) is 0 Å². The highest BCUT2D eigenvalue weighted by molar-refractivity contribution is 5.41. The van der Waals surface area contributed by atoms with Gasteiger partial charge in [0, 0.05) is 25.0 Å². The molecule has 20 heavy (non-hydrogen) atoms. The summed E-state index contributed by atoms with van der Waals surface area (Å²) in [5.41, 5.74) is 1.06. The maximum Gasteiger partial charge on any atom is 0.130 e. The van der Waals surface area contributed by atoms with E-state index in [0.29, 0.717) is 0 Å². The minimum atomic E-state index is -0.00560. The molecule has 0 aliphatic rings. The van der Waals surface area contributed by atoms with Gasteiger partial charge in [0.2, 0.25) is 0 Å². The summed E-state index contributed by atoms with van der Waals surface area (Å²) in [7, 11) is 5.23. The summed E-state index contributed by atoms with van der Waals surface area (Å²) in [6.07, 6.45) is 3.80. The van der Waals surface area contributed by atoms with Gasteiger partial charge in [-0.1, -0.05) is 0 Å². The molecule has 1 N–H and O–H groups in total. The number of methoxy groups -OCH3 is 2. The first-order valence-corrected chi connectivity index (χ1v) is 6.64. The second kappa shape index (κ2) is 6.43. The van der Waals surface area contributed by atoms with Crippen molar-refractivity contribution in [3.8, 4) is 11.5 Å². The molecule has 1 heterocycles. The number of nitrogens with one attached hydrogen (secondary N) is 1. The fourth-order valence-electron chi connectivity index (χ4n) is 2.29. The molecule has 1 aromatic heterocycles. The lowest BCUT2D eigenvalue weighted by Crippen LogP contribution is -2.22. The molecule has 1 atom stereocenters. The highest BCUT2D eigenvalue weighted by Crippen LogP contribution is 2.29. The molecule has 0 amide bonds. The molecule has 5 heteroatoms. The highest BCUT2D eigenvalue weighted by atomic mass is 16.5. The molecule has 0 radical (unpaired) electrons. The van der Waals surface area contributed by atoms with Crippen molar-refractivity contribution >= 4 is 0 Å². The van der Waals surface area contributed by atoms with E-state index >= 15 is 0 Å². The van der Waals surface area contributed by atoms with Crippen LogP contribution in [0.5, 0.6) is 11.5 Å². The van der Waals surface area contributed by atoms with Gasteiger partial charge in [0.15, 0.2) is 0 Å². The Morgan fingerprint density at radius 1 is 1.20 bits per heavy atom. The van der Waals surface area contributed by atoms with E-state index in [0.717, 1.165) is 29.4 Å². The van der Waals surface area contributed by atoms with Gasteiger partial charge in [0.05, 0.1) is 20.3 Å². The highest BCUT2D eigenvalue weighted by Gasteiger charge is 2.18. The van der Waals surface area contributed by atoms with E-state index < -0.39 is 0 Å². The summed E-state index contributed by atoms with van der Waals surface area (Å²) in [6.45, 7) is 2.98. The van der Waals surface area contributed by atoms with Crippen LogP contribution in [0.3, 0.4) is 0 Å². The molecule has 1 unspecified atom stereocenters. The van der Waals surface area contributed by atoms with Gasteiger partial charge in [-0.3, -0.25) is 0 Å². The van der Waals surface area contributed by atoms with Crippen LogP contribution in [0, 0.1) is 0 Å². The Hall–Kier alpha value is -2.01. The lowest BCUT2D eigenvalue weighted by Gasteiger charge is -2.19. The molecule has 5 nitrogen and oxygen atoms in total. The molecule has 0 fully saturated rings. The van der Waals surface area contributed by atoms with Crippen LogP contribution in [0.2, 0.25) is 0 Å². The quantitative estimate of drug-likeness (QED) is 0.878. The molecule has 0 spiro atoms. The molecular formula is C15H21N3O2. The second-order valence-corrected chi connectivity index (χ2v) is 4.44. The Morgan fingerprint density at radius 2 is 1.85 bits per heavy atom. The fourth-order valence-corrected chi connectivity index (χ4v) is 2.29.